The Balaban J connectivity index is 1.57. The summed E-state index contributed by atoms with van der Waals surface area (Å²) in [6.45, 7) is 0. The number of hydrogen-bond donors (Lipinski definition) is 0. The fourth-order valence-corrected chi connectivity index (χ4v) is 3.06. The normalized spacial score (nSPS) is 11.7. The molecule has 1 heterocycles. The first-order valence-corrected chi connectivity index (χ1v) is 9.19. The van der Waals surface area contributed by atoms with Gasteiger partial charge in [0.15, 0.2) is 0 Å². The molecule has 0 spiro atoms. The maximum atomic E-state index is 12.4. The van der Waals surface area contributed by atoms with E-state index in [0.29, 0.717) is 11.4 Å². The van der Waals surface area contributed by atoms with E-state index in [2.05, 4.69) is 20.1 Å². The maximum absolute atomic E-state index is 12.4. The third-order valence-corrected chi connectivity index (χ3v) is 4.80. The fraction of sp³-hybridized carbons (Fsp3) is 0. The summed E-state index contributed by atoms with van der Waals surface area (Å²) < 4.78 is 29.9. The van der Waals surface area contributed by atoms with Gasteiger partial charge in [-0.05, 0) is 47.6 Å². The molecule has 0 aliphatic rings. The average Bonchev–Trinajstić information content (AvgIpc) is 2.72. The molecule has 0 radical (unpaired) electrons. The van der Waals surface area contributed by atoms with Crippen molar-refractivity contribution in [1.82, 2.24) is 9.97 Å². The first-order valence-electron chi connectivity index (χ1n) is 7.70. The van der Waals surface area contributed by atoms with Crippen LogP contribution in [0.15, 0.2) is 93.3 Å². The Hall–Kier alpha value is -3.59. The Morgan fingerprint density at radius 3 is 2.26 bits per heavy atom. The molecular formula is C18H14N4O4S. The second kappa shape index (κ2) is 8.68. The Morgan fingerprint density at radius 1 is 0.852 bits per heavy atom. The second-order valence-electron chi connectivity index (χ2n) is 5.01. The lowest BCUT2D eigenvalue weighted by atomic mass is 10.3. The summed E-state index contributed by atoms with van der Waals surface area (Å²) in [6.07, 6.45) is 4.99. The van der Waals surface area contributed by atoms with Gasteiger partial charge in [0.25, 0.3) is 5.16 Å². The number of nitrogens with zero attached hydrogens (tertiary/aromatic N) is 4. The molecule has 0 unspecified atom stereocenters. The van der Waals surface area contributed by atoms with Crippen LogP contribution in [0.3, 0.4) is 0 Å². The Bertz CT molecular complexity index is 1020. The van der Waals surface area contributed by atoms with Crippen LogP contribution in [0, 0.1) is 0 Å². The van der Waals surface area contributed by atoms with Crippen LogP contribution in [0.1, 0.15) is 0 Å². The highest BCUT2D eigenvalue weighted by Gasteiger charge is 2.20. The highest BCUT2D eigenvalue weighted by Crippen LogP contribution is 2.20. The zero-order valence-corrected chi connectivity index (χ0v) is 14.7. The molecule has 2 aromatic carbocycles. The number of aliphatic imine (C=N–C) groups is 1. The summed E-state index contributed by atoms with van der Waals surface area (Å²) in [6, 6.07) is 16.5. The molecule has 0 saturated carbocycles. The van der Waals surface area contributed by atoms with E-state index in [-0.39, 0.29) is 10.1 Å². The third kappa shape index (κ3) is 4.95. The highest BCUT2D eigenvalue weighted by atomic mass is 32.2. The highest BCUT2D eigenvalue weighted by molar-refractivity contribution is 7.91. The zero-order valence-electron chi connectivity index (χ0n) is 13.9. The van der Waals surface area contributed by atoms with E-state index in [1.165, 1.54) is 36.7 Å². The molecule has 0 bridgehead atoms. The van der Waals surface area contributed by atoms with E-state index >= 15 is 0 Å². The molecule has 0 N–H and O–H groups in total. The number of para-hydroxylation sites is 1. The smallest absolute Gasteiger partial charge is 0.251 e. The number of hydrogen-bond acceptors (Lipinski definition) is 8. The summed E-state index contributed by atoms with van der Waals surface area (Å²) in [7, 11) is -3.76. The average molecular weight is 382 g/mol. The van der Waals surface area contributed by atoms with Gasteiger partial charge in [-0.1, -0.05) is 18.2 Å². The van der Waals surface area contributed by atoms with Crippen molar-refractivity contribution in [1.29, 1.82) is 0 Å². The molecular weight excluding hydrogens is 368 g/mol. The standard InChI is InChI=1S/C18H14N4O4S/c23-27(24,18-19-11-4-12-20-18)17-9-7-15(8-10-17)21-13-26-22-14-25-16-5-2-1-3-6-16/h1-14H/b21-13+,22-14+. The van der Waals surface area contributed by atoms with Crippen LogP contribution in [-0.4, -0.2) is 31.2 Å². The Morgan fingerprint density at radius 2 is 1.56 bits per heavy atom. The Kier molecular flexibility index (Phi) is 5.85. The lowest BCUT2D eigenvalue weighted by Crippen LogP contribution is -2.06. The van der Waals surface area contributed by atoms with Gasteiger partial charge >= 0.3 is 0 Å². The summed E-state index contributed by atoms with van der Waals surface area (Å²) in [4.78, 5) is 16.5. The van der Waals surface area contributed by atoms with Crippen LogP contribution in [0.5, 0.6) is 5.75 Å². The van der Waals surface area contributed by atoms with Gasteiger partial charge in [-0.3, -0.25) is 0 Å². The second-order valence-corrected chi connectivity index (χ2v) is 6.85. The van der Waals surface area contributed by atoms with Crippen LogP contribution >= 0.6 is 0 Å². The monoisotopic (exact) mass is 382 g/mol. The molecule has 27 heavy (non-hydrogen) atoms. The molecule has 0 atom stereocenters. The van der Waals surface area contributed by atoms with Crippen LogP contribution in [0.2, 0.25) is 0 Å². The largest absolute Gasteiger partial charge is 0.442 e. The minimum Gasteiger partial charge on any atom is -0.442 e. The van der Waals surface area contributed by atoms with E-state index in [9.17, 15) is 8.42 Å². The van der Waals surface area contributed by atoms with E-state index in [1.807, 2.05) is 18.2 Å². The summed E-state index contributed by atoms with van der Waals surface area (Å²) in [5, 5.41) is 3.32. The number of oxime groups is 1. The van der Waals surface area contributed by atoms with Gasteiger partial charge < -0.3 is 9.57 Å². The van der Waals surface area contributed by atoms with Crippen molar-refractivity contribution < 1.29 is 18.0 Å². The van der Waals surface area contributed by atoms with E-state index in [4.69, 9.17) is 9.57 Å². The minimum atomic E-state index is -3.76. The predicted molar refractivity (Wildman–Crippen MR) is 98.7 cm³/mol. The van der Waals surface area contributed by atoms with Crippen molar-refractivity contribution in [3.8, 4) is 5.75 Å². The van der Waals surface area contributed by atoms with Crippen LogP contribution < -0.4 is 4.74 Å². The zero-order chi connectivity index (χ0) is 19.0. The van der Waals surface area contributed by atoms with Crippen LogP contribution in [0.4, 0.5) is 5.69 Å². The van der Waals surface area contributed by atoms with Gasteiger partial charge in [-0.15, -0.1) is 0 Å². The van der Waals surface area contributed by atoms with Crippen molar-refractivity contribution in [2.24, 2.45) is 10.1 Å². The lowest BCUT2D eigenvalue weighted by Gasteiger charge is -2.02. The van der Waals surface area contributed by atoms with Crippen molar-refractivity contribution in [3.05, 3.63) is 73.1 Å². The molecule has 3 rings (SSSR count). The molecule has 0 fully saturated rings. The van der Waals surface area contributed by atoms with Gasteiger partial charge in [0, 0.05) is 12.4 Å². The Labute approximate surface area is 155 Å². The predicted octanol–water partition coefficient (Wildman–Crippen LogP) is 3.01. The molecule has 0 amide bonds. The summed E-state index contributed by atoms with van der Waals surface area (Å²) >= 11 is 0. The van der Waals surface area contributed by atoms with Crippen molar-refractivity contribution in [2.75, 3.05) is 0 Å². The SMILES string of the molecule is O=S(=O)(c1ccc(/N=C/O/N=C/Oc2ccccc2)cc1)c1ncccn1. The molecule has 9 heteroatoms. The van der Waals surface area contributed by atoms with Gasteiger partial charge in [-0.25, -0.2) is 23.4 Å². The lowest BCUT2D eigenvalue weighted by molar-refractivity contribution is 0.335. The molecule has 8 nitrogen and oxygen atoms in total. The fourth-order valence-electron chi connectivity index (χ4n) is 1.96. The van der Waals surface area contributed by atoms with Crippen molar-refractivity contribution >= 4 is 28.3 Å². The molecule has 3 aromatic rings. The van der Waals surface area contributed by atoms with Gasteiger partial charge in [0.1, 0.15) is 5.75 Å². The van der Waals surface area contributed by atoms with Crippen molar-refractivity contribution in [2.45, 2.75) is 10.1 Å². The molecule has 0 aliphatic carbocycles. The van der Waals surface area contributed by atoms with Gasteiger partial charge in [0.05, 0.1) is 10.6 Å². The number of aromatic nitrogens is 2. The first kappa shape index (κ1) is 18.2. The number of benzene rings is 2. The number of sulfone groups is 1. The van der Waals surface area contributed by atoms with Gasteiger partial charge in [-0.2, -0.15) is 0 Å². The minimum absolute atomic E-state index is 0.0721. The summed E-state index contributed by atoms with van der Waals surface area (Å²) in [5.74, 6) is 0.626. The molecule has 0 saturated heterocycles. The van der Waals surface area contributed by atoms with Gasteiger partial charge in [0.2, 0.25) is 22.6 Å². The van der Waals surface area contributed by atoms with Crippen molar-refractivity contribution in [3.63, 3.8) is 0 Å². The molecule has 1 aromatic heterocycles. The molecule has 0 aliphatic heterocycles. The van der Waals surface area contributed by atoms with E-state index < -0.39 is 9.84 Å². The molecule has 136 valence electrons. The first-order chi connectivity index (χ1) is 13.2. The van der Waals surface area contributed by atoms with Crippen LogP contribution in [-0.2, 0) is 14.7 Å². The van der Waals surface area contributed by atoms with E-state index in [1.54, 1.807) is 18.2 Å². The van der Waals surface area contributed by atoms with E-state index in [0.717, 1.165) is 12.8 Å². The third-order valence-electron chi connectivity index (χ3n) is 3.21. The van der Waals surface area contributed by atoms with Crippen LogP contribution in [0.25, 0.3) is 0 Å². The maximum Gasteiger partial charge on any atom is 0.251 e. The quantitative estimate of drug-likeness (QED) is 0.269. The summed E-state index contributed by atoms with van der Waals surface area (Å²) in [5.41, 5.74) is 0.488. The number of rotatable bonds is 7. The topological polar surface area (TPSA) is 103 Å². The number of ether oxygens (including phenoxy) is 1.